The summed E-state index contributed by atoms with van der Waals surface area (Å²) < 4.78 is 1.99. The fourth-order valence-corrected chi connectivity index (χ4v) is 2.56. The molecular weight excluding hydrogens is 451 g/mol. The molecule has 0 aliphatic heterocycles. The maximum absolute atomic E-state index is 4.75. The zero-order chi connectivity index (χ0) is 18.9. The molecule has 0 saturated carbocycles. The Labute approximate surface area is 180 Å². The smallest absolute Gasteiger partial charge is 0.192 e. The highest BCUT2D eigenvalue weighted by molar-refractivity contribution is 14.0. The first-order valence-corrected chi connectivity index (χ1v) is 9.39. The van der Waals surface area contributed by atoms with Gasteiger partial charge in [0.15, 0.2) is 11.8 Å². The topological polar surface area (TPSA) is 67.1 Å². The lowest BCUT2D eigenvalue weighted by atomic mass is 10.0. The number of aromatic nitrogens is 3. The van der Waals surface area contributed by atoms with Crippen LogP contribution in [-0.4, -0.2) is 26.8 Å². The van der Waals surface area contributed by atoms with Gasteiger partial charge in [-0.1, -0.05) is 44.2 Å². The Kier molecular flexibility index (Phi) is 10.4. The molecule has 0 amide bonds. The van der Waals surface area contributed by atoms with E-state index in [1.807, 2.05) is 36.7 Å². The van der Waals surface area contributed by atoms with Gasteiger partial charge in [-0.15, -0.1) is 34.2 Å². The molecule has 2 rings (SSSR count). The van der Waals surface area contributed by atoms with Crippen LogP contribution >= 0.6 is 24.0 Å². The molecule has 0 spiro atoms. The van der Waals surface area contributed by atoms with E-state index in [2.05, 4.69) is 53.7 Å². The van der Waals surface area contributed by atoms with Crippen LogP contribution in [-0.2, 0) is 20.1 Å². The number of aryl methyl sites for hydroxylation is 1. The van der Waals surface area contributed by atoms with Crippen LogP contribution < -0.4 is 10.6 Å². The van der Waals surface area contributed by atoms with Crippen molar-refractivity contribution in [1.29, 1.82) is 0 Å². The molecule has 1 atom stereocenters. The maximum atomic E-state index is 4.75. The second-order valence-electron chi connectivity index (χ2n) is 7.24. The molecular formula is C20H33IN6. The zero-order valence-corrected chi connectivity index (χ0v) is 19.4. The monoisotopic (exact) mass is 484 g/mol. The Morgan fingerprint density at radius 1 is 1.11 bits per heavy atom. The molecule has 7 heteroatoms. The Balaban J connectivity index is 0.00000364. The minimum absolute atomic E-state index is 0. The number of benzene rings is 1. The van der Waals surface area contributed by atoms with E-state index in [0.717, 1.165) is 24.0 Å². The number of nitrogens with zero attached hydrogens (tertiary/aromatic N) is 4. The predicted octanol–water partition coefficient (Wildman–Crippen LogP) is 3.80. The lowest BCUT2D eigenvalue weighted by Gasteiger charge is -2.19. The largest absolute Gasteiger partial charge is 0.354 e. The molecule has 1 heterocycles. The van der Waals surface area contributed by atoms with Crippen LogP contribution in [0.25, 0.3) is 0 Å². The highest BCUT2D eigenvalue weighted by Gasteiger charge is 2.09. The van der Waals surface area contributed by atoms with Gasteiger partial charge in [-0.2, -0.15) is 0 Å². The molecule has 1 unspecified atom stereocenters. The number of halogens is 1. The van der Waals surface area contributed by atoms with Gasteiger partial charge in [0.1, 0.15) is 5.82 Å². The van der Waals surface area contributed by atoms with Crippen LogP contribution in [0.2, 0.25) is 0 Å². The number of nitrogens with one attached hydrogen (secondary N) is 2. The Hall–Kier alpha value is -1.64. The van der Waals surface area contributed by atoms with Gasteiger partial charge in [0, 0.05) is 13.1 Å². The van der Waals surface area contributed by atoms with Gasteiger partial charge in [-0.25, -0.2) is 4.99 Å². The first-order chi connectivity index (χ1) is 12.5. The summed E-state index contributed by atoms with van der Waals surface area (Å²) in [6.45, 7) is 9.90. The summed E-state index contributed by atoms with van der Waals surface area (Å²) >= 11 is 0. The molecule has 0 aliphatic rings. The van der Waals surface area contributed by atoms with Crippen LogP contribution in [0.5, 0.6) is 0 Å². The van der Waals surface area contributed by atoms with Crippen molar-refractivity contribution in [2.45, 2.75) is 59.7 Å². The van der Waals surface area contributed by atoms with E-state index >= 15 is 0 Å². The SMILES string of the molecule is Cc1nnc(CNC(=NCc2ccccc2)NC(C)CCC(C)C)n1C.I. The minimum Gasteiger partial charge on any atom is -0.354 e. The summed E-state index contributed by atoms with van der Waals surface area (Å²) in [6.07, 6.45) is 2.31. The third kappa shape index (κ3) is 8.28. The van der Waals surface area contributed by atoms with Crippen molar-refractivity contribution >= 4 is 29.9 Å². The van der Waals surface area contributed by atoms with Gasteiger partial charge >= 0.3 is 0 Å². The van der Waals surface area contributed by atoms with Crippen molar-refractivity contribution in [2.24, 2.45) is 18.0 Å². The van der Waals surface area contributed by atoms with Crippen molar-refractivity contribution in [3.8, 4) is 0 Å². The molecule has 2 N–H and O–H groups in total. The van der Waals surface area contributed by atoms with Gasteiger partial charge in [0.25, 0.3) is 0 Å². The second-order valence-corrected chi connectivity index (χ2v) is 7.24. The fourth-order valence-electron chi connectivity index (χ4n) is 2.56. The lowest BCUT2D eigenvalue weighted by Crippen LogP contribution is -2.42. The van der Waals surface area contributed by atoms with E-state index in [-0.39, 0.29) is 24.0 Å². The summed E-state index contributed by atoms with van der Waals surface area (Å²) in [5.74, 6) is 3.32. The summed E-state index contributed by atoms with van der Waals surface area (Å²) in [6, 6.07) is 10.7. The average molecular weight is 484 g/mol. The van der Waals surface area contributed by atoms with E-state index in [9.17, 15) is 0 Å². The summed E-state index contributed by atoms with van der Waals surface area (Å²) in [7, 11) is 1.98. The average Bonchev–Trinajstić information content (AvgIpc) is 2.95. The van der Waals surface area contributed by atoms with Gasteiger partial charge in [-0.05, 0) is 38.2 Å². The van der Waals surface area contributed by atoms with Crippen molar-refractivity contribution < 1.29 is 0 Å². The Morgan fingerprint density at radius 3 is 2.41 bits per heavy atom. The number of hydrogen-bond donors (Lipinski definition) is 2. The van der Waals surface area contributed by atoms with E-state index in [4.69, 9.17) is 4.99 Å². The second kappa shape index (κ2) is 11.9. The van der Waals surface area contributed by atoms with Crippen molar-refractivity contribution in [2.75, 3.05) is 0 Å². The third-order valence-electron chi connectivity index (χ3n) is 4.42. The molecule has 27 heavy (non-hydrogen) atoms. The van der Waals surface area contributed by atoms with E-state index < -0.39 is 0 Å². The quantitative estimate of drug-likeness (QED) is 0.340. The standard InChI is InChI=1S/C20H32N6.HI/c1-15(2)11-12-16(3)23-20(21-13-18-9-7-6-8-10-18)22-14-19-25-24-17(4)26(19)5;/h6-10,15-16H,11-14H2,1-5H3,(H2,21,22,23);1H. The number of rotatable bonds is 8. The minimum atomic E-state index is 0. The Bertz CT molecular complexity index is 696. The molecule has 0 radical (unpaired) electrons. The Morgan fingerprint density at radius 2 is 1.81 bits per heavy atom. The molecule has 0 saturated heterocycles. The van der Waals surface area contributed by atoms with E-state index in [1.165, 1.54) is 12.0 Å². The van der Waals surface area contributed by atoms with Crippen LogP contribution in [0, 0.1) is 12.8 Å². The van der Waals surface area contributed by atoms with Crippen molar-refractivity contribution in [1.82, 2.24) is 25.4 Å². The maximum Gasteiger partial charge on any atom is 0.192 e. The molecule has 0 fully saturated rings. The van der Waals surface area contributed by atoms with E-state index in [0.29, 0.717) is 25.0 Å². The number of aliphatic imine (C=N–C) groups is 1. The molecule has 0 bridgehead atoms. The van der Waals surface area contributed by atoms with Gasteiger partial charge in [0.05, 0.1) is 13.1 Å². The van der Waals surface area contributed by atoms with Gasteiger partial charge in [0.2, 0.25) is 0 Å². The van der Waals surface area contributed by atoms with Crippen molar-refractivity contribution in [3.05, 3.63) is 47.5 Å². The van der Waals surface area contributed by atoms with E-state index in [1.54, 1.807) is 0 Å². The van der Waals surface area contributed by atoms with Crippen LogP contribution in [0.3, 0.4) is 0 Å². The number of hydrogen-bond acceptors (Lipinski definition) is 3. The summed E-state index contributed by atoms with van der Waals surface area (Å²) in [5.41, 5.74) is 1.19. The predicted molar refractivity (Wildman–Crippen MR) is 122 cm³/mol. The zero-order valence-electron chi connectivity index (χ0n) is 17.1. The molecule has 0 aliphatic carbocycles. The molecule has 6 nitrogen and oxygen atoms in total. The molecule has 2 aromatic rings. The summed E-state index contributed by atoms with van der Waals surface area (Å²) in [4.78, 5) is 4.75. The fraction of sp³-hybridized carbons (Fsp3) is 0.550. The highest BCUT2D eigenvalue weighted by atomic mass is 127. The van der Waals surface area contributed by atoms with Crippen LogP contribution in [0.4, 0.5) is 0 Å². The molecule has 150 valence electrons. The van der Waals surface area contributed by atoms with Crippen LogP contribution in [0.15, 0.2) is 35.3 Å². The van der Waals surface area contributed by atoms with Crippen molar-refractivity contribution in [3.63, 3.8) is 0 Å². The summed E-state index contributed by atoms with van der Waals surface area (Å²) in [5, 5.41) is 15.2. The van der Waals surface area contributed by atoms with Gasteiger partial charge < -0.3 is 15.2 Å². The first-order valence-electron chi connectivity index (χ1n) is 9.39. The van der Waals surface area contributed by atoms with Crippen LogP contribution in [0.1, 0.15) is 50.8 Å². The third-order valence-corrected chi connectivity index (χ3v) is 4.42. The number of guanidine groups is 1. The normalized spacial score (nSPS) is 12.6. The van der Waals surface area contributed by atoms with Gasteiger partial charge in [-0.3, -0.25) is 0 Å². The lowest BCUT2D eigenvalue weighted by molar-refractivity contribution is 0.488. The molecule has 1 aromatic carbocycles. The highest BCUT2D eigenvalue weighted by Crippen LogP contribution is 2.07. The molecule has 1 aromatic heterocycles. The first kappa shape index (κ1) is 23.4.